The van der Waals surface area contributed by atoms with E-state index in [0.717, 1.165) is 56.8 Å². The lowest BCUT2D eigenvalue weighted by Crippen LogP contribution is -2.51. The topological polar surface area (TPSA) is 34.5 Å². The van der Waals surface area contributed by atoms with Crippen molar-refractivity contribution in [1.29, 1.82) is 0 Å². The maximum atomic E-state index is 13.2. The number of rotatable bonds is 2. The maximum Gasteiger partial charge on any atom is 0.258 e. The molecule has 0 amide bonds. The molecule has 2 atom stereocenters. The Morgan fingerprint density at radius 1 is 0.963 bits per heavy atom. The number of ether oxygens (including phenoxy) is 1. The molecule has 4 nitrogen and oxygen atoms in total. The SMILES string of the molecule is O=c1c(-c2ccc(Cl)cc2)ccc2n1CC1CC2CN(C2CCOCC2)C1. The highest BCUT2D eigenvalue weighted by Gasteiger charge is 2.37. The predicted molar refractivity (Wildman–Crippen MR) is 107 cm³/mol. The second-order valence-corrected chi connectivity index (χ2v) is 8.63. The van der Waals surface area contributed by atoms with Gasteiger partial charge in [-0.15, -0.1) is 0 Å². The van der Waals surface area contributed by atoms with Crippen LogP contribution in [0, 0.1) is 5.92 Å². The summed E-state index contributed by atoms with van der Waals surface area (Å²) in [7, 11) is 0. The van der Waals surface area contributed by atoms with E-state index in [4.69, 9.17) is 16.3 Å². The number of benzene rings is 1. The number of aromatic nitrogens is 1. The molecule has 1 aromatic heterocycles. The lowest BCUT2D eigenvalue weighted by Gasteiger charge is -2.46. The maximum absolute atomic E-state index is 13.2. The Labute approximate surface area is 164 Å². The number of halogens is 1. The van der Waals surface area contributed by atoms with Gasteiger partial charge in [0.25, 0.3) is 5.56 Å². The van der Waals surface area contributed by atoms with Gasteiger partial charge in [0.1, 0.15) is 0 Å². The smallest absolute Gasteiger partial charge is 0.258 e. The van der Waals surface area contributed by atoms with Gasteiger partial charge < -0.3 is 9.30 Å². The Morgan fingerprint density at radius 2 is 1.74 bits per heavy atom. The third kappa shape index (κ3) is 3.24. The average Bonchev–Trinajstić information content (AvgIpc) is 2.70. The van der Waals surface area contributed by atoms with Crippen molar-refractivity contribution in [3.63, 3.8) is 0 Å². The Hall–Kier alpha value is -1.62. The minimum atomic E-state index is 0.143. The molecular formula is C22H25ClN2O2. The molecule has 5 heteroatoms. The van der Waals surface area contributed by atoms with E-state index >= 15 is 0 Å². The van der Waals surface area contributed by atoms with E-state index in [2.05, 4.69) is 11.0 Å². The van der Waals surface area contributed by atoms with Crippen LogP contribution in [-0.4, -0.2) is 41.8 Å². The summed E-state index contributed by atoms with van der Waals surface area (Å²) in [4.78, 5) is 15.9. The van der Waals surface area contributed by atoms with Crippen molar-refractivity contribution in [3.8, 4) is 11.1 Å². The van der Waals surface area contributed by atoms with Crippen molar-refractivity contribution < 1.29 is 4.74 Å². The van der Waals surface area contributed by atoms with Gasteiger partial charge in [0, 0.05) is 61.1 Å². The van der Waals surface area contributed by atoms with E-state index in [0.29, 0.717) is 22.9 Å². The number of hydrogen-bond donors (Lipinski definition) is 0. The number of hydrogen-bond acceptors (Lipinski definition) is 3. The Balaban J connectivity index is 1.45. The van der Waals surface area contributed by atoms with Gasteiger partial charge in [-0.2, -0.15) is 0 Å². The molecule has 1 aromatic carbocycles. The van der Waals surface area contributed by atoms with E-state index < -0.39 is 0 Å². The fourth-order valence-electron chi connectivity index (χ4n) is 5.18. The molecule has 0 spiro atoms. The van der Waals surface area contributed by atoms with Crippen LogP contribution in [0.4, 0.5) is 0 Å². The predicted octanol–water partition coefficient (Wildman–Crippen LogP) is 3.77. The summed E-state index contributed by atoms with van der Waals surface area (Å²) in [6.07, 6.45) is 3.49. The van der Waals surface area contributed by atoms with Gasteiger partial charge in [0.2, 0.25) is 0 Å². The van der Waals surface area contributed by atoms with Crippen LogP contribution in [0.1, 0.15) is 30.9 Å². The fourth-order valence-corrected chi connectivity index (χ4v) is 5.31. The van der Waals surface area contributed by atoms with Gasteiger partial charge in [-0.3, -0.25) is 9.69 Å². The highest BCUT2D eigenvalue weighted by atomic mass is 35.5. The number of piperidine rings is 1. The molecule has 4 heterocycles. The van der Waals surface area contributed by atoms with Gasteiger partial charge in [-0.25, -0.2) is 0 Å². The normalized spacial score (nSPS) is 26.0. The molecule has 2 aromatic rings. The van der Waals surface area contributed by atoms with Crippen LogP contribution >= 0.6 is 11.6 Å². The summed E-state index contributed by atoms with van der Waals surface area (Å²) in [5, 5.41) is 0.694. The zero-order valence-electron chi connectivity index (χ0n) is 15.4. The molecule has 2 fully saturated rings. The van der Waals surface area contributed by atoms with E-state index in [1.807, 2.05) is 34.9 Å². The van der Waals surface area contributed by atoms with Crippen LogP contribution in [0.25, 0.3) is 11.1 Å². The average molecular weight is 385 g/mol. The van der Waals surface area contributed by atoms with E-state index in [-0.39, 0.29) is 5.56 Å². The first-order valence-corrected chi connectivity index (χ1v) is 10.4. The molecule has 2 saturated heterocycles. The first-order chi connectivity index (χ1) is 13.2. The molecule has 0 radical (unpaired) electrons. The molecule has 0 N–H and O–H groups in total. The number of likely N-dealkylation sites (tertiary alicyclic amines) is 1. The van der Waals surface area contributed by atoms with E-state index in [1.165, 1.54) is 12.1 Å². The van der Waals surface area contributed by atoms with E-state index in [9.17, 15) is 4.79 Å². The Kier molecular flexibility index (Phi) is 4.58. The standard InChI is InChI=1S/C22H25ClN2O2/c23-18-3-1-16(2-4-18)20-5-6-21-17-11-15(13-25(21)22(20)26)12-24(14-17)19-7-9-27-10-8-19/h1-6,15,17,19H,7-14H2. The van der Waals surface area contributed by atoms with Crippen molar-refractivity contribution in [2.75, 3.05) is 26.3 Å². The quantitative estimate of drug-likeness (QED) is 0.790. The monoisotopic (exact) mass is 384 g/mol. The summed E-state index contributed by atoms with van der Waals surface area (Å²) in [5.74, 6) is 1.03. The zero-order chi connectivity index (χ0) is 18.4. The minimum absolute atomic E-state index is 0.143. The molecular weight excluding hydrogens is 360 g/mol. The molecule has 0 saturated carbocycles. The highest BCUT2D eigenvalue weighted by molar-refractivity contribution is 6.30. The first kappa shape index (κ1) is 17.5. The van der Waals surface area contributed by atoms with Crippen molar-refractivity contribution in [3.05, 3.63) is 57.5 Å². The van der Waals surface area contributed by atoms with E-state index in [1.54, 1.807) is 0 Å². The number of fused-ring (bicyclic) bond motifs is 4. The molecule has 2 bridgehead atoms. The molecule has 3 aliphatic heterocycles. The molecule has 142 valence electrons. The molecule has 27 heavy (non-hydrogen) atoms. The van der Waals surface area contributed by atoms with Gasteiger partial charge in [-0.1, -0.05) is 23.7 Å². The number of nitrogens with zero attached hydrogens (tertiary/aromatic N) is 2. The van der Waals surface area contributed by atoms with Crippen LogP contribution in [0.3, 0.4) is 0 Å². The summed E-state index contributed by atoms with van der Waals surface area (Å²) < 4.78 is 7.58. The van der Waals surface area contributed by atoms with Crippen LogP contribution in [0.2, 0.25) is 5.02 Å². The molecule has 3 aliphatic rings. The Bertz CT molecular complexity index is 886. The summed E-state index contributed by atoms with van der Waals surface area (Å²) >= 11 is 6.00. The largest absolute Gasteiger partial charge is 0.381 e. The molecule has 2 unspecified atom stereocenters. The molecule has 5 rings (SSSR count). The third-order valence-corrected chi connectivity index (χ3v) is 6.75. The zero-order valence-corrected chi connectivity index (χ0v) is 16.2. The van der Waals surface area contributed by atoms with Crippen molar-refractivity contribution in [2.45, 2.75) is 37.8 Å². The van der Waals surface area contributed by atoms with Crippen molar-refractivity contribution in [1.82, 2.24) is 9.47 Å². The molecule has 0 aliphatic carbocycles. The van der Waals surface area contributed by atoms with Crippen LogP contribution in [0.5, 0.6) is 0 Å². The van der Waals surface area contributed by atoms with Crippen molar-refractivity contribution >= 4 is 11.6 Å². The lowest BCUT2D eigenvalue weighted by atomic mass is 9.81. The summed E-state index contributed by atoms with van der Waals surface area (Å²) in [6, 6.07) is 12.4. The first-order valence-electron chi connectivity index (χ1n) is 10.0. The van der Waals surface area contributed by atoms with Gasteiger partial charge in [-0.05, 0) is 55.0 Å². The number of pyridine rings is 1. The van der Waals surface area contributed by atoms with Gasteiger partial charge >= 0.3 is 0 Å². The van der Waals surface area contributed by atoms with Gasteiger partial charge in [0.05, 0.1) is 0 Å². The lowest BCUT2D eigenvalue weighted by molar-refractivity contribution is 0.00589. The highest BCUT2D eigenvalue weighted by Crippen LogP contribution is 2.37. The van der Waals surface area contributed by atoms with Crippen molar-refractivity contribution in [2.24, 2.45) is 5.92 Å². The minimum Gasteiger partial charge on any atom is -0.381 e. The van der Waals surface area contributed by atoms with Crippen LogP contribution < -0.4 is 5.56 Å². The van der Waals surface area contributed by atoms with Crippen LogP contribution in [-0.2, 0) is 11.3 Å². The fraction of sp³-hybridized carbons (Fsp3) is 0.500. The summed E-state index contributed by atoms with van der Waals surface area (Å²) in [6.45, 7) is 4.79. The van der Waals surface area contributed by atoms with Crippen LogP contribution in [0.15, 0.2) is 41.2 Å². The Morgan fingerprint density at radius 3 is 2.52 bits per heavy atom. The summed E-state index contributed by atoms with van der Waals surface area (Å²) in [5.41, 5.74) is 3.07. The second-order valence-electron chi connectivity index (χ2n) is 8.19. The van der Waals surface area contributed by atoms with Gasteiger partial charge in [0.15, 0.2) is 0 Å². The third-order valence-electron chi connectivity index (χ3n) is 6.49. The second kappa shape index (κ2) is 7.08.